The van der Waals surface area contributed by atoms with E-state index in [0.717, 1.165) is 19.4 Å². The molecule has 0 aromatic heterocycles. The summed E-state index contributed by atoms with van der Waals surface area (Å²) in [5.41, 5.74) is 0.246. The molecule has 0 bridgehead atoms. The Morgan fingerprint density at radius 1 is 1.47 bits per heavy atom. The SMILES string of the molecule is Fc1ccc(Cl)c(C(F)C2CCCN2)c1. The molecule has 15 heavy (non-hydrogen) atoms. The van der Waals surface area contributed by atoms with E-state index in [9.17, 15) is 8.78 Å². The van der Waals surface area contributed by atoms with Crippen LogP contribution in [0.1, 0.15) is 24.6 Å². The van der Waals surface area contributed by atoms with Crippen molar-refractivity contribution in [2.45, 2.75) is 25.1 Å². The monoisotopic (exact) mass is 231 g/mol. The van der Waals surface area contributed by atoms with E-state index in [4.69, 9.17) is 11.6 Å². The molecular weight excluding hydrogens is 220 g/mol. The molecule has 2 atom stereocenters. The van der Waals surface area contributed by atoms with E-state index in [1.165, 1.54) is 18.2 Å². The Morgan fingerprint density at radius 3 is 2.93 bits per heavy atom. The summed E-state index contributed by atoms with van der Waals surface area (Å²) in [7, 11) is 0. The zero-order chi connectivity index (χ0) is 10.8. The summed E-state index contributed by atoms with van der Waals surface area (Å²) >= 11 is 5.84. The molecule has 1 aromatic rings. The van der Waals surface area contributed by atoms with Crippen LogP contribution in [0.25, 0.3) is 0 Å². The molecule has 2 rings (SSSR count). The van der Waals surface area contributed by atoms with Crippen LogP contribution in [0.15, 0.2) is 18.2 Å². The lowest BCUT2D eigenvalue weighted by Crippen LogP contribution is -2.26. The van der Waals surface area contributed by atoms with Crippen molar-refractivity contribution in [3.05, 3.63) is 34.6 Å². The van der Waals surface area contributed by atoms with Crippen LogP contribution in [0, 0.1) is 5.82 Å². The van der Waals surface area contributed by atoms with Gasteiger partial charge in [0.2, 0.25) is 0 Å². The first-order chi connectivity index (χ1) is 7.18. The minimum atomic E-state index is -1.23. The number of rotatable bonds is 2. The molecular formula is C11H12ClF2N. The highest BCUT2D eigenvalue weighted by Crippen LogP contribution is 2.32. The van der Waals surface area contributed by atoms with Crippen molar-refractivity contribution < 1.29 is 8.78 Å². The van der Waals surface area contributed by atoms with Gasteiger partial charge in [-0.3, -0.25) is 0 Å². The molecule has 82 valence electrons. The minimum Gasteiger partial charge on any atom is -0.311 e. The van der Waals surface area contributed by atoms with Crippen LogP contribution in [0.3, 0.4) is 0 Å². The van der Waals surface area contributed by atoms with Crippen LogP contribution in [0.2, 0.25) is 5.02 Å². The van der Waals surface area contributed by atoms with Crippen LogP contribution < -0.4 is 5.32 Å². The summed E-state index contributed by atoms with van der Waals surface area (Å²) in [5, 5.41) is 3.33. The molecule has 1 fully saturated rings. The quantitative estimate of drug-likeness (QED) is 0.824. The second kappa shape index (κ2) is 4.45. The molecule has 0 aliphatic carbocycles. The molecule has 0 radical (unpaired) electrons. The van der Waals surface area contributed by atoms with Crippen molar-refractivity contribution in [3.63, 3.8) is 0 Å². The van der Waals surface area contributed by atoms with Crippen molar-refractivity contribution >= 4 is 11.6 Å². The summed E-state index contributed by atoms with van der Waals surface area (Å²) in [6.07, 6.45) is 0.502. The zero-order valence-corrected chi connectivity index (χ0v) is 8.90. The van der Waals surface area contributed by atoms with Crippen molar-refractivity contribution in [1.29, 1.82) is 0 Å². The van der Waals surface area contributed by atoms with Crippen molar-refractivity contribution in [2.24, 2.45) is 0 Å². The molecule has 4 heteroatoms. The normalized spacial score (nSPS) is 23.0. The van der Waals surface area contributed by atoms with E-state index in [1.54, 1.807) is 0 Å². The summed E-state index contributed by atoms with van der Waals surface area (Å²) in [6, 6.07) is 3.57. The predicted octanol–water partition coefficient (Wildman–Crippen LogP) is 3.24. The Kier molecular flexibility index (Phi) is 3.22. The molecule has 1 aliphatic rings. The molecule has 1 N–H and O–H groups in total. The molecule has 0 amide bonds. The Labute approximate surface area is 92.4 Å². The van der Waals surface area contributed by atoms with E-state index in [1.807, 2.05) is 0 Å². The maximum absolute atomic E-state index is 14.0. The first-order valence-corrected chi connectivity index (χ1v) is 5.38. The lowest BCUT2D eigenvalue weighted by atomic mass is 10.0. The highest BCUT2D eigenvalue weighted by Gasteiger charge is 2.27. The maximum atomic E-state index is 14.0. The largest absolute Gasteiger partial charge is 0.311 e. The molecule has 1 saturated heterocycles. The topological polar surface area (TPSA) is 12.0 Å². The van der Waals surface area contributed by atoms with E-state index in [-0.39, 0.29) is 16.6 Å². The smallest absolute Gasteiger partial charge is 0.142 e. The number of nitrogens with one attached hydrogen (secondary N) is 1. The van der Waals surface area contributed by atoms with Gasteiger partial charge in [0.1, 0.15) is 12.0 Å². The molecule has 1 nitrogen and oxygen atoms in total. The number of hydrogen-bond acceptors (Lipinski definition) is 1. The number of hydrogen-bond donors (Lipinski definition) is 1. The fraction of sp³-hybridized carbons (Fsp3) is 0.455. The van der Waals surface area contributed by atoms with Gasteiger partial charge in [-0.15, -0.1) is 0 Å². The summed E-state index contributed by atoms with van der Waals surface area (Å²) in [5.74, 6) is -0.449. The van der Waals surface area contributed by atoms with Gasteiger partial charge >= 0.3 is 0 Å². The number of halogens is 3. The zero-order valence-electron chi connectivity index (χ0n) is 8.14. The highest BCUT2D eigenvalue weighted by molar-refractivity contribution is 6.31. The molecule has 1 aliphatic heterocycles. The van der Waals surface area contributed by atoms with Gasteiger partial charge in [0.15, 0.2) is 0 Å². The fourth-order valence-corrected chi connectivity index (χ4v) is 2.13. The van der Waals surface area contributed by atoms with Crippen LogP contribution in [0.5, 0.6) is 0 Å². The average molecular weight is 232 g/mol. The van der Waals surface area contributed by atoms with Gasteiger partial charge in [-0.2, -0.15) is 0 Å². The van der Waals surface area contributed by atoms with Gasteiger partial charge in [-0.1, -0.05) is 11.6 Å². The first kappa shape index (κ1) is 10.8. The van der Waals surface area contributed by atoms with Gasteiger partial charge < -0.3 is 5.32 Å². The Hall–Kier alpha value is -0.670. The molecule has 0 saturated carbocycles. The molecule has 0 spiro atoms. The highest BCUT2D eigenvalue weighted by atomic mass is 35.5. The van der Waals surface area contributed by atoms with E-state index in [2.05, 4.69) is 5.32 Å². The van der Waals surface area contributed by atoms with Gasteiger partial charge in [0.25, 0.3) is 0 Å². The van der Waals surface area contributed by atoms with Crippen LogP contribution >= 0.6 is 11.6 Å². The van der Waals surface area contributed by atoms with E-state index < -0.39 is 12.0 Å². The third-order valence-electron chi connectivity index (χ3n) is 2.71. The minimum absolute atomic E-state index is 0.232. The Balaban J connectivity index is 2.23. The van der Waals surface area contributed by atoms with Crippen molar-refractivity contribution in [1.82, 2.24) is 5.32 Å². The lowest BCUT2D eigenvalue weighted by Gasteiger charge is -2.17. The fourth-order valence-electron chi connectivity index (χ4n) is 1.90. The maximum Gasteiger partial charge on any atom is 0.142 e. The number of benzene rings is 1. The van der Waals surface area contributed by atoms with E-state index in [0.29, 0.717) is 0 Å². The van der Waals surface area contributed by atoms with Crippen LogP contribution in [-0.2, 0) is 0 Å². The van der Waals surface area contributed by atoms with Crippen LogP contribution in [-0.4, -0.2) is 12.6 Å². The molecule has 1 heterocycles. The van der Waals surface area contributed by atoms with Gasteiger partial charge in [0.05, 0.1) is 0 Å². The first-order valence-electron chi connectivity index (χ1n) is 5.01. The molecule has 2 unspecified atom stereocenters. The third kappa shape index (κ3) is 2.29. The Bertz CT molecular complexity index is 350. The Morgan fingerprint density at radius 2 is 2.27 bits per heavy atom. The predicted molar refractivity (Wildman–Crippen MR) is 56.3 cm³/mol. The van der Waals surface area contributed by atoms with Crippen molar-refractivity contribution in [3.8, 4) is 0 Å². The van der Waals surface area contributed by atoms with Gasteiger partial charge in [-0.05, 0) is 37.6 Å². The third-order valence-corrected chi connectivity index (χ3v) is 3.05. The summed E-state index contributed by atoms with van der Waals surface area (Å²) < 4.78 is 26.9. The van der Waals surface area contributed by atoms with Gasteiger partial charge in [0, 0.05) is 16.6 Å². The standard InChI is InChI=1S/C11H12ClF2N/c12-9-4-3-7(13)6-8(9)11(14)10-2-1-5-15-10/h3-4,6,10-11,15H,1-2,5H2. The summed E-state index contributed by atoms with van der Waals surface area (Å²) in [4.78, 5) is 0. The van der Waals surface area contributed by atoms with Crippen LogP contribution in [0.4, 0.5) is 8.78 Å². The molecule has 1 aromatic carbocycles. The van der Waals surface area contributed by atoms with Crippen molar-refractivity contribution in [2.75, 3.05) is 6.54 Å². The second-order valence-electron chi connectivity index (χ2n) is 3.77. The average Bonchev–Trinajstić information content (AvgIpc) is 2.74. The number of alkyl halides is 1. The lowest BCUT2D eigenvalue weighted by molar-refractivity contribution is 0.270. The van der Waals surface area contributed by atoms with E-state index >= 15 is 0 Å². The second-order valence-corrected chi connectivity index (χ2v) is 4.18. The summed E-state index contributed by atoms with van der Waals surface area (Å²) in [6.45, 7) is 0.817. The van der Waals surface area contributed by atoms with Gasteiger partial charge in [-0.25, -0.2) is 8.78 Å².